The first-order valence-electron chi connectivity index (χ1n) is 11.4. The minimum absolute atomic E-state index is 0. The summed E-state index contributed by atoms with van der Waals surface area (Å²) < 4.78 is 0. The molecule has 0 saturated carbocycles. The van der Waals surface area contributed by atoms with Crippen molar-refractivity contribution in [3.63, 3.8) is 0 Å². The number of carbonyl (C=O) groups is 2. The van der Waals surface area contributed by atoms with Crippen molar-refractivity contribution in [2.24, 2.45) is 11.5 Å². The molecule has 0 atom stereocenters. The molecule has 0 aliphatic carbocycles. The van der Waals surface area contributed by atoms with Crippen LogP contribution in [0.3, 0.4) is 0 Å². The summed E-state index contributed by atoms with van der Waals surface area (Å²) >= 11 is 0. The Kier molecular flexibility index (Phi) is 46.8. The van der Waals surface area contributed by atoms with Gasteiger partial charge in [0.25, 0.3) is 0 Å². The molecule has 0 fully saturated rings. The van der Waals surface area contributed by atoms with Gasteiger partial charge in [0.05, 0.1) is 0 Å². The normalized spacial score (nSPS) is 9.35. The summed E-state index contributed by atoms with van der Waals surface area (Å²) in [6.07, 6.45) is 19.1. The summed E-state index contributed by atoms with van der Waals surface area (Å²) in [6, 6.07) is 0. The molecule has 0 aromatic heterocycles. The van der Waals surface area contributed by atoms with E-state index in [1.807, 2.05) is 0 Å². The molecular formula is C22H52N2O7. The zero-order chi connectivity index (χ0) is 21.3. The van der Waals surface area contributed by atoms with Crippen molar-refractivity contribution in [1.82, 2.24) is 0 Å². The van der Waals surface area contributed by atoms with Gasteiger partial charge in [-0.3, -0.25) is 9.59 Å². The van der Waals surface area contributed by atoms with Gasteiger partial charge in [-0.2, -0.15) is 0 Å². The van der Waals surface area contributed by atoms with Gasteiger partial charge in [0.15, 0.2) is 0 Å². The zero-order valence-electron chi connectivity index (χ0n) is 19.5. The lowest BCUT2D eigenvalue weighted by Gasteiger charge is -2.00. The molecule has 0 rings (SSSR count). The van der Waals surface area contributed by atoms with Crippen molar-refractivity contribution in [3.8, 4) is 0 Å². The number of hydrogen-bond acceptors (Lipinski definition) is 4. The first-order valence-corrected chi connectivity index (χ1v) is 11.4. The summed E-state index contributed by atoms with van der Waals surface area (Å²) in [7, 11) is 0. The van der Waals surface area contributed by atoms with Gasteiger partial charge in [-0.05, 0) is 38.8 Å². The number of carboxylic acids is 2. The molecule has 0 amide bonds. The number of aliphatic carboxylic acids is 2. The third-order valence-electron chi connectivity index (χ3n) is 4.69. The summed E-state index contributed by atoms with van der Waals surface area (Å²) in [6.45, 7) is 1.61. The van der Waals surface area contributed by atoms with E-state index in [1.165, 1.54) is 64.2 Å². The molecule has 31 heavy (non-hydrogen) atoms. The van der Waals surface area contributed by atoms with Gasteiger partial charge in [-0.15, -0.1) is 0 Å². The molecule has 0 unspecified atom stereocenters. The largest absolute Gasteiger partial charge is 0.481 e. The van der Waals surface area contributed by atoms with Gasteiger partial charge >= 0.3 is 11.9 Å². The van der Waals surface area contributed by atoms with Crippen LogP contribution < -0.4 is 11.5 Å². The van der Waals surface area contributed by atoms with Crippen LogP contribution in [0.1, 0.15) is 116 Å². The number of carboxylic acid groups (broad SMARTS) is 2. The SMILES string of the molecule is NCCCCCCCCCCC(=O)O.NCCCCCCCCCCC(=O)O.O.O.O. The number of nitrogens with two attached hydrogens (primary N) is 2. The Bertz CT molecular complexity index is 314. The fourth-order valence-electron chi connectivity index (χ4n) is 2.96. The van der Waals surface area contributed by atoms with Crippen LogP contribution in [0.2, 0.25) is 0 Å². The highest BCUT2D eigenvalue weighted by atomic mass is 16.4. The van der Waals surface area contributed by atoms with Crippen molar-refractivity contribution in [3.05, 3.63) is 0 Å². The maximum Gasteiger partial charge on any atom is 0.303 e. The first-order chi connectivity index (χ1) is 13.5. The van der Waals surface area contributed by atoms with Crippen LogP contribution in [-0.2, 0) is 9.59 Å². The van der Waals surface area contributed by atoms with Crippen LogP contribution >= 0.6 is 0 Å². The second-order valence-electron chi connectivity index (χ2n) is 7.52. The molecule has 192 valence electrons. The summed E-state index contributed by atoms with van der Waals surface area (Å²) in [5, 5.41) is 16.8. The Labute approximate surface area is 188 Å². The summed E-state index contributed by atoms with van der Waals surface area (Å²) in [5.74, 6) is -1.35. The molecule has 12 N–H and O–H groups in total. The van der Waals surface area contributed by atoms with Gasteiger partial charge in [0.2, 0.25) is 0 Å². The molecule has 9 heteroatoms. The van der Waals surface area contributed by atoms with Crippen molar-refractivity contribution in [2.75, 3.05) is 13.1 Å². The fraction of sp³-hybridized carbons (Fsp3) is 0.909. The Hall–Kier alpha value is -1.26. The molecule has 0 heterocycles. The molecule has 0 radical (unpaired) electrons. The topological polar surface area (TPSA) is 221 Å². The highest BCUT2D eigenvalue weighted by Gasteiger charge is 1.97. The molecule has 0 spiro atoms. The molecule has 0 bridgehead atoms. The summed E-state index contributed by atoms with van der Waals surface area (Å²) in [4.78, 5) is 20.4. The van der Waals surface area contributed by atoms with Crippen LogP contribution in [0, 0.1) is 0 Å². The second kappa shape index (κ2) is 36.1. The van der Waals surface area contributed by atoms with Crippen LogP contribution in [0.25, 0.3) is 0 Å². The molecule has 0 aromatic rings. The van der Waals surface area contributed by atoms with Crippen molar-refractivity contribution in [2.45, 2.75) is 116 Å². The second-order valence-corrected chi connectivity index (χ2v) is 7.52. The van der Waals surface area contributed by atoms with E-state index in [0.717, 1.165) is 51.6 Å². The Morgan fingerprint density at radius 2 is 0.613 bits per heavy atom. The average Bonchev–Trinajstić information content (AvgIpc) is 2.65. The number of hydrogen-bond donors (Lipinski definition) is 4. The standard InChI is InChI=1S/2C11H23NO2.3H2O/c2*12-10-8-6-4-2-1-3-5-7-9-11(13)14;;;/h2*1-10,12H2,(H,13,14);3*1H2. The molecule has 0 aromatic carbocycles. The minimum Gasteiger partial charge on any atom is -0.481 e. The molecule has 0 aliphatic heterocycles. The van der Waals surface area contributed by atoms with E-state index in [2.05, 4.69) is 0 Å². The minimum atomic E-state index is -0.673. The van der Waals surface area contributed by atoms with E-state index in [4.69, 9.17) is 21.7 Å². The highest BCUT2D eigenvalue weighted by Crippen LogP contribution is 2.10. The molecule has 0 saturated heterocycles. The molecule has 9 nitrogen and oxygen atoms in total. The number of rotatable bonds is 20. The van der Waals surface area contributed by atoms with Crippen molar-refractivity contribution in [1.29, 1.82) is 0 Å². The van der Waals surface area contributed by atoms with Crippen LogP contribution in [0.15, 0.2) is 0 Å². The van der Waals surface area contributed by atoms with Crippen LogP contribution in [0.4, 0.5) is 0 Å². The number of unbranched alkanes of at least 4 members (excludes halogenated alkanes) is 14. The first kappa shape index (κ1) is 40.1. The average molecular weight is 457 g/mol. The Balaban J connectivity index is -0.000000133. The van der Waals surface area contributed by atoms with E-state index in [1.54, 1.807) is 0 Å². The lowest BCUT2D eigenvalue weighted by Crippen LogP contribution is -1.97. The maximum atomic E-state index is 10.2. The van der Waals surface area contributed by atoms with E-state index in [9.17, 15) is 9.59 Å². The van der Waals surface area contributed by atoms with Gasteiger partial charge in [-0.1, -0.05) is 77.0 Å². The van der Waals surface area contributed by atoms with Gasteiger partial charge < -0.3 is 38.1 Å². The zero-order valence-corrected chi connectivity index (χ0v) is 19.5. The van der Waals surface area contributed by atoms with Crippen molar-refractivity contribution >= 4 is 11.9 Å². The Morgan fingerprint density at radius 3 is 0.806 bits per heavy atom. The van der Waals surface area contributed by atoms with E-state index in [-0.39, 0.29) is 16.4 Å². The quantitative estimate of drug-likeness (QED) is 0.201. The fourth-order valence-corrected chi connectivity index (χ4v) is 2.96. The molecule has 0 aliphatic rings. The van der Waals surface area contributed by atoms with Crippen LogP contribution in [0.5, 0.6) is 0 Å². The maximum absolute atomic E-state index is 10.2. The molecular weight excluding hydrogens is 404 g/mol. The third-order valence-corrected chi connectivity index (χ3v) is 4.69. The highest BCUT2D eigenvalue weighted by molar-refractivity contribution is 5.66. The van der Waals surface area contributed by atoms with Gasteiger partial charge in [0, 0.05) is 12.8 Å². The monoisotopic (exact) mass is 456 g/mol. The van der Waals surface area contributed by atoms with Crippen molar-refractivity contribution < 1.29 is 36.2 Å². The van der Waals surface area contributed by atoms with E-state index < -0.39 is 11.9 Å². The van der Waals surface area contributed by atoms with E-state index >= 15 is 0 Å². The van der Waals surface area contributed by atoms with Gasteiger partial charge in [-0.25, -0.2) is 0 Å². The van der Waals surface area contributed by atoms with E-state index in [0.29, 0.717) is 12.8 Å². The van der Waals surface area contributed by atoms with Crippen LogP contribution in [-0.4, -0.2) is 51.7 Å². The summed E-state index contributed by atoms with van der Waals surface area (Å²) in [5.41, 5.74) is 10.8. The van der Waals surface area contributed by atoms with Gasteiger partial charge in [0.1, 0.15) is 0 Å². The third kappa shape index (κ3) is 47.8. The Morgan fingerprint density at radius 1 is 0.419 bits per heavy atom. The predicted octanol–water partition coefficient (Wildman–Crippen LogP) is 2.61. The lowest BCUT2D eigenvalue weighted by atomic mass is 10.1. The predicted molar refractivity (Wildman–Crippen MR) is 127 cm³/mol. The smallest absolute Gasteiger partial charge is 0.303 e. The lowest BCUT2D eigenvalue weighted by molar-refractivity contribution is -0.138.